The number of halogens is 1. The Kier molecular flexibility index (Phi) is 6.10. The van der Waals surface area contributed by atoms with E-state index in [0.29, 0.717) is 34.9 Å². The average molecular weight is 472 g/mol. The smallest absolute Gasteiger partial charge is 0.411 e. The number of fused-ring (bicyclic) bond motifs is 2. The van der Waals surface area contributed by atoms with Crippen LogP contribution in [0, 0.1) is 0 Å². The van der Waals surface area contributed by atoms with E-state index in [4.69, 9.17) is 11.6 Å². The molecule has 2 aromatic rings. The van der Waals surface area contributed by atoms with Gasteiger partial charge in [0.25, 0.3) is 5.91 Å². The van der Waals surface area contributed by atoms with Gasteiger partial charge in [-0.2, -0.15) is 0 Å². The quantitative estimate of drug-likeness (QED) is 0.544. The first-order valence-corrected chi connectivity index (χ1v) is 10.6. The second-order valence-electron chi connectivity index (χ2n) is 7.79. The molecule has 33 heavy (non-hydrogen) atoms. The predicted molar refractivity (Wildman–Crippen MR) is 121 cm³/mol. The third-order valence-electron chi connectivity index (χ3n) is 5.70. The molecule has 2 heterocycles. The average Bonchev–Trinajstić information content (AvgIpc) is 3.22. The first kappa shape index (κ1) is 22.4. The number of hydrogen-bond donors (Lipinski definition) is 4. The molecule has 10 nitrogen and oxygen atoms in total. The van der Waals surface area contributed by atoms with Crippen LogP contribution in [0.4, 0.5) is 21.0 Å². The van der Waals surface area contributed by atoms with Crippen LogP contribution >= 0.6 is 11.6 Å². The van der Waals surface area contributed by atoms with Crippen molar-refractivity contribution in [2.45, 2.75) is 12.0 Å². The van der Waals surface area contributed by atoms with E-state index in [1.54, 1.807) is 35.2 Å². The Morgan fingerprint density at radius 2 is 1.94 bits per heavy atom. The maximum atomic E-state index is 12.8. The van der Waals surface area contributed by atoms with Gasteiger partial charge in [0.15, 0.2) is 0 Å². The van der Waals surface area contributed by atoms with Gasteiger partial charge < -0.3 is 25.6 Å². The zero-order chi connectivity index (χ0) is 23.6. The monoisotopic (exact) mass is 471 g/mol. The number of likely N-dealkylation sites (tertiary alicyclic amines) is 1. The van der Waals surface area contributed by atoms with Crippen LogP contribution in [0.5, 0.6) is 0 Å². The number of ether oxygens (including phenoxy) is 1. The lowest BCUT2D eigenvalue weighted by Crippen LogP contribution is -2.53. The highest BCUT2D eigenvalue weighted by atomic mass is 35.5. The molecule has 0 bridgehead atoms. The number of nitrogens with one attached hydrogen (secondary N) is 4. The van der Waals surface area contributed by atoms with Crippen molar-refractivity contribution in [3.8, 4) is 0 Å². The second kappa shape index (κ2) is 8.99. The molecule has 2 aromatic carbocycles. The summed E-state index contributed by atoms with van der Waals surface area (Å²) in [5.41, 5.74) is 1.57. The lowest BCUT2D eigenvalue weighted by Gasteiger charge is -2.36. The molecule has 0 saturated carbocycles. The number of anilines is 2. The Balaban J connectivity index is 1.37. The summed E-state index contributed by atoms with van der Waals surface area (Å²) in [5, 5.41) is 11.3. The Hall–Kier alpha value is -3.79. The first-order chi connectivity index (χ1) is 15.8. The fourth-order valence-corrected chi connectivity index (χ4v) is 4.22. The van der Waals surface area contributed by atoms with E-state index in [1.807, 2.05) is 0 Å². The lowest BCUT2D eigenvalue weighted by molar-refractivity contribution is -0.129. The van der Waals surface area contributed by atoms with Crippen LogP contribution in [0.25, 0.3) is 0 Å². The van der Waals surface area contributed by atoms with Crippen molar-refractivity contribution in [3.05, 3.63) is 58.6 Å². The molecule has 1 spiro atoms. The summed E-state index contributed by atoms with van der Waals surface area (Å²) in [5.74, 6) is -0.685. The van der Waals surface area contributed by atoms with E-state index in [-0.39, 0.29) is 25.0 Å². The standard InChI is InChI=1S/C22H22ClN5O5/c1-33-21(32)25-15-5-2-13(3-6-15)19(30)24-11-18(29)28-9-8-22(12-28)16-10-14(23)4-7-17(16)26-20(31)27-22/h2-7,10H,8-9,11-12H2,1H3,(H,24,30)(H,25,32)(H2,26,27,31). The highest BCUT2D eigenvalue weighted by Crippen LogP contribution is 2.40. The van der Waals surface area contributed by atoms with E-state index >= 15 is 0 Å². The fourth-order valence-electron chi connectivity index (χ4n) is 4.05. The minimum absolute atomic E-state index is 0.189. The van der Waals surface area contributed by atoms with Crippen LogP contribution in [0.2, 0.25) is 5.02 Å². The molecule has 11 heteroatoms. The maximum absolute atomic E-state index is 12.8. The van der Waals surface area contributed by atoms with Crippen molar-refractivity contribution in [1.82, 2.24) is 15.5 Å². The number of benzene rings is 2. The van der Waals surface area contributed by atoms with Gasteiger partial charge in [-0.1, -0.05) is 11.6 Å². The van der Waals surface area contributed by atoms with Crippen LogP contribution in [-0.2, 0) is 15.1 Å². The highest BCUT2D eigenvalue weighted by molar-refractivity contribution is 6.30. The summed E-state index contributed by atoms with van der Waals surface area (Å²) in [7, 11) is 1.25. The number of rotatable bonds is 4. The molecule has 1 fully saturated rings. The van der Waals surface area contributed by atoms with Crippen molar-refractivity contribution in [2.75, 3.05) is 37.4 Å². The first-order valence-electron chi connectivity index (χ1n) is 10.2. The molecular weight excluding hydrogens is 450 g/mol. The SMILES string of the molecule is COC(=O)Nc1ccc(C(=O)NCC(=O)N2CCC3(C2)NC(=O)Nc2ccc(Cl)cc23)cc1. The fraction of sp³-hybridized carbons (Fsp3) is 0.273. The molecule has 4 rings (SSSR count). The van der Waals surface area contributed by atoms with Crippen molar-refractivity contribution >= 4 is 46.9 Å². The molecule has 0 radical (unpaired) electrons. The zero-order valence-corrected chi connectivity index (χ0v) is 18.5. The summed E-state index contributed by atoms with van der Waals surface area (Å²) in [6.07, 6.45) is -0.0849. The largest absolute Gasteiger partial charge is 0.453 e. The van der Waals surface area contributed by atoms with Gasteiger partial charge in [0.05, 0.1) is 19.2 Å². The van der Waals surface area contributed by atoms with Gasteiger partial charge in [0.1, 0.15) is 0 Å². The normalized spacial score (nSPS) is 18.7. The minimum Gasteiger partial charge on any atom is -0.453 e. The van der Waals surface area contributed by atoms with Gasteiger partial charge in [-0.15, -0.1) is 0 Å². The van der Waals surface area contributed by atoms with E-state index in [0.717, 1.165) is 5.56 Å². The van der Waals surface area contributed by atoms with E-state index in [1.165, 1.54) is 19.2 Å². The molecule has 1 unspecified atom stereocenters. The third-order valence-corrected chi connectivity index (χ3v) is 5.93. The van der Waals surface area contributed by atoms with E-state index in [9.17, 15) is 19.2 Å². The Morgan fingerprint density at radius 3 is 2.67 bits per heavy atom. The van der Waals surface area contributed by atoms with E-state index in [2.05, 4.69) is 26.0 Å². The Labute approximate surface area is 194 Å². The molecule has 172 valence electrons. The number of amides is 5. The highest BCUT2D eigenvalue weighted by Gasteiger charge is 2.46. The summed E-state index contributed by atoms with van der Waals surface area (Å²) in [6.45, 7) is 0.511. The van der Waals surface area contributed by atoms with Gasteiger partial charge >= 0.3 is 12.1 Å². The molecule has 5 amide bonds. The summed E-state index contributed by atoms with van der Waals surface area (Å²) in [6, 6.07) is 11.1. The topological polar surface area (TPSA) is 129 Å². The lowest BCUT2D eigenvalue weighted by atomic mass is 9.86. The third kappa shape index (κ3) is 4.70. The van der Waals surface area contributed by atoms with Crippen molar-refractivity contribution < 1.29 is 23.9 Å². The molecule has 1 atom stereocenters. The van der Waals surface area contributed by atoms with Crippen LogP contribution in [0.15, 0.2) is 42.5 Å². The van der Waals surface area contributed by atoms with Crippen molar-refractivity contribution in [1.29, 1.82) is 0 Å². The molecule has 4 N–H and O–H groups in total. The van der Waals surface area contributed by atoms with Crippen molar-refractivity contribution in [3.63, 3.8) is 0 Å². The Morgan fingerprint density at radius 1 is 1.18 bits per heavy atom. The van der Waals surface area contributed by atoms with Gasteiger partial charge in [-0.3, -0.25) is 14.9 Å². The Bertz CT molecular complexity index is 1120. The van der Waals surface area contributed by atoms with Crippen LogP contribution in [0.3, 0.4) is 0 Å². The van der Waals surface area contributed by atoms with Crippen LogP contribution < -0.4 is 21.3 Å². The van der Waals surface area contributed by atoms with Gasteiger partial charge in [0.2, 0.25) is 5.91 Å². The molecule has 2 aliphatic rings. The molecular formula is C22H22ClN5O5. The maximum Gasteiger partial charge on any atom is 0.411 e. The summed E-state index contributed by atoms with van der Waals surface area (Å²) in [4.78, 5) is 50.2. The number of nitrogens with zero attached hydrogens (tertiary/aromatic N) is 1. The van der Waals surface area contributed by atoms with E-state index < -0.39 is 17.5 Å². The van der Waals surface area contributed by atoms with Gasteiger partial charge in [0, 0.05) is 40.6 Å². The predicted octanol–water partition coefficient (Wildman–Crippen LogP) is 2.51. The minimum atomic E-state index is -0.731. The molecule has 2 aliphatic heterocycles. The molecule has 0 aliphatic carbocycles. The van der Waals surface area contributed by atoms with Gasteiger partial charge in [-0.05, 0) is 48.9 Å². The van der Waals surface area contributed by atoms with Crippen LogP contribution in [0.1, 0.15) is 22.3 Å². The number of urea groups is 1. The number of carbonyl (C=O) groups excluding carboxylic acids is 4. The van der Waals surface area contributed by atoms with Gasteiger partial charge in [-0.25, -0.2) is 9.59 Å². The summed E-state index contributed by atoms with van der Waals surface area (Å²) < 4.78 is 4.51. The zero-order valence-electron chi connectivity index (χ0n) is 17.7. The molecule has 0 aromatic heterocycles. The number of carbonyl (C=O) groups is 4. The van der Waals surface area contributed by atoms with Crippen LogP contribution in [-0.4, -0.2) is 55.6 Å². The molecule has 1 saturated heterocycles. The van der Waals surface area contributed by atoms with Crippen molar-refractivity contribution in [2.24, 2.45) is 0 Å². The number of hydrogen-bond acceptors (Lipinski definition) is 5. The number of methoxy groups -OCH3 is 1. The summed E-state index contributed by atoms with van der Waals surface area (Å²) >= 11 is 6.16. The second-order valence-corrected chi connectivity index (χ2v) is 8.23.